The van der Waals surface area contributed by atoms with Crippen LogP contribution in [0.25, 0.3) is 11.5 Å². The third-order valence-corrected chi connectivity index (χ3v) is 2.14. The molecule has 1 aromatic carbocycles. The zero-order valence-electron chi connectivity index (χ0n) is 8.47. The maximum absolute atomic E-state index is 10.6. The highest BCUT2D eigenvalue weighted by atomic mass is 16.5. The largest absolute Gasteiger partial charge is 0.475 e. The number of aryl methyl sites for hydroxylation is 1. The van der Waals surface area contributed by atoms with Gasteiger partial charge in [-0.3, -0.25) is 0 Å². The summed E-state index contributed by atoms with van der Waals surface area (Å²) in [5, 5.41) is 12.0. The van der Waals surface area contributed by atoms with Gasteiger partial charge in [-0.2, -0.15) is 4.98 Å². The molecule has 0 saturated heterocycles. The number of carboxylic acid groups (broad SMARTS) is 1. The summed E-state index contributed by atoms with van der Waals surface area (Å²) >= 11 is 0. The minimum atomic E-state index is -1.23. The SMILES string of the molecule is Cc1ccc(-c2nc(C(=O)O)no2)cc1N. The lowest BCUT2D eigenvalue weighted by Crippen LogP contribution is -1.98. The van der Waals surface area contributed by atoms with Crippen LogP contribution in [0.15, 0.2) is 22.7 Å². The normalized spacial score (nSPS) is 10.3. The van der Waals surface area contributed by atoms with E-state index in [0.29, 0.717) is 11.3 Å². The van der Waals surface area contributed by atoms with Gasteiger partial charge in [0.25, 0.3) is 11.7 Å². The Morgan fingerprint density at radius 1 is 1.50 bits per heavy atom. The van der Waals surface area contributed by atoms with Crippen molar-refractivity contribution in [3.63, 3.8) is 0 Å². The quantitative estimate of drug-likeness (QED) is 0.738. The van der Waals surface area contributed by atoms with Gasteiger partial charge < -0.3 is 15.4 Å². The highest BCUT2D eigenvalue weighted by molar-refractivity contribution is 5.83. The lowest BCUT2D eigenvalue weighted by molar-refractivity contribution is 0.0680. The van der Waals surface area contributed by atoms with Gasteiger partial charge in [0.05, 0.1) is 0 Å². The summed E-state index contributed by atoms with van der Waals surface area (Å²) in [5.74, 6) is -1.45. The first-order valence-corrected chi connectivity index (χ1v) is 4.51. The molecule has 0 aliphatic heterocycles. The van der Waals surface area contributed by atoms with E-state index in [0.717, 1.165) is 5.56 Å². The topological polar surface area (TPSA) is 102 Å². The van der Waals surface area contributed by atoms with Crippen molar-refractivity contribution in [3.8, 4) is 11.5 Å². The smallest absolute Gasteiger partial charge is 0.377 e. The first-order valence-electron chi connectivity index (χ1n) is 4.51. The molecule has 0 fully saturated rings. The van der Waals surface area contributed by atoms with Crippen molar-refractivity contribution in [2.45, 2.75) is 6.92 Å². The van der Waals surface area contributed by atoms with Gasteiger partial charge in [0.1, 0.15) is 0 Å². The van der Waals surface area contributed by atoms with E-state index in [-0.39, 0.29) is 11.7 Å². The molecule has 0 bridgehead atoms. The van der Waals surface area contributed by atoms with Gasteiger partial charge in [0, 0.05) is 11.3 Å². The van der Waals surface area contributed by atoms with E-state index < -0.39 is 5.97 Å². The standard InChI is InChI=1S/C10H9N3O3/c1-5-2-3-6(4-7(5)11)9-12-8(10(14)15)13-16-9/h2-4H,11H2,1H3,(H,14,15). The summed E-state index contributed by atoms with van der Waals surface area (Å²) in [7, 11) is 0. The predicted molar refractivity (Wildman–Crippen MR) is 55.8 cm³/mol. The molecule has 1 heterocycles. The van der Waals surface area contributed by atoms with Gasteiger partial charge in [-0.05, 0) is 29.8 Å². The van der Waals surface area contributed by atoms with Crippen LogP contribution in [0.2, 0.25) is 0 Å². The number of hydrogen-bond donors (Lipinski definition) is 2. The number of nitrogen functional groups attached to an aromatic ring is 1. The van der Waals surface area contributed by atoms with Gasteiger partial charge in [-0.1, -0.05) is 6.07 Å². The van der Waals surface area contributed by atoms with Crippen LogP contribution >= 0.6 is 0 Å². The van der Waals surface area contributed by atoms with Crippen LogP contribution in [0, 0.1) is 6.92 Å². The molecule has 0 atom stereocenters. The average molecular weight is 219 g/mol. The lowest BCUT2D eigenvalue weighted by Gasteiger charge is -2.00. The van der Waals surface area contributed by atoms with E-state index in [4.69, 9.17) is 15.4 Å². The molecule has 0 saturated carbocycles. The summed E-state index contributed by atoms with van der Waals surface area (Å²) in [5.41, 5.74) is 7.84. The molecule has 0 aliphatic rings. The van der Waals surface area contributed by atoms with Crippen LogP contribution in [-0.4, -0.2) is 21.2 Å². The van der Waals surface area contributed by atoms with E-state index in [9.17, 15) is 4.79 Å². The molecular formula is C10H9N3O3. The number of aromatic carboxylic acids is 1. The molecular weight excluding hydrogens is 210 g/mol. The van der Waals surface area contributed by atoms with Gasteiger partial charge >= 0.3 is 5.97 Å². The van der Waals surface area contributed by atoms with E-state index in [1.807, 2.05) is 6.92 Å². The van der Waals surface area contributed by atoms with Crippen LogP contribution in [0.5, 0.6) is 0 Å². The molecule has 2 aromatic rings. The highest BCUT2D eigenvalue weighted by Crippen LogP contribution is 2.21. The summed E-state index contributed by atoms with van der Waals surface area (Å²) in [6.45, 7) is 1.87. The Bertz CT molecular complexity index is 548. The molecule has 16 heavy (non-hydrogen) atoms. The second-order valence-electron chi connectivity index (χ2n) is 3.30. The van der Waals surface area contributed by atoms with Crippen LogP contribution in [0.3, 0.4) is 0 Å². The summed E-state index contributed by atoms with van der Waals surface area (Å²) < 4.78 is 4.81. The van der Waals surface area contributed by atoms with E-state index in [1.165, 1.54) is 0 Å². The first-order chi connectivity index (χ1) is 7.58. The lowest BCUT2D eigenvalue weighted by atomic mass is 10.1. The van der Waals surface area contributed by atoms with E-state index in [2.05, 4.69) is 10.1 Å². The maximum Gasteiger partial charge on any atom is 0.377 e. The fourth-order valence-corrected chi connectivity index (χ4v) is 1.20. The zero-order chi connectivity index (χ0) is 11.7. The minimum Gasteiger partial charge on any atom is -0.475 e. The van der Waals surface area contributed by atoms with Gasteiger partial charge in [0.15, 0.2) is 0 Å². The Hall–Kier alpha value is -2.37. The number of nitrogens with two attached hydrogens (primary N) is 1. The number of hydrogen-bond acceptors (Lipinski definition) is 5. The van der Waals surface area contributed by atoms with Crippen molar-refractivity contribution < 1.29 is 14.4 Å². The molecule has 0 spiro atoms. The molecule has 3 N–H and O–H groups in total. The van der Waals surface area contributed by atoms with Crippen LogP contribution in [0.1, 0.15) is 16.2 Å². The summed E-state index contributed by atoms with van der Waals surface area (Å²) in [6, 6.07) is 5.20. The van der Waals surface area contributed by atoms with Gasteiger partial charge in [-0.25, -0.2) is 4.79 Å². The second kappa shape index (κ2) is 3.65. The van der Waals surface area contributed by atoms with Gasteiger partial charge in [-0.15, -0.1) is 0 Å². The number of carbonyl (C=O) groups is 1. The molecule has 6 nitrogen and oxygen atoms in total. The number of rotatable bonds is 2. The van der Waals surface area contributed by atoms with Crippen molar-refractivity contribution in [1.82, 2.24) is 10.1 Å². The van der Waals surface area contributed by atoms with Crippen molar-refractivity contribution in [3.05, 3.63) is 29.6 Å². The van der Waals surface area contributed by atoms with Crippen molar-refractivity contribution in [2.24, 2.45) is 0 Å². The second-order valence-corrected chi connectivity index (χ2v) is 3.30. The molecule has 1 aromatic heterocycles. The monoisotopic (exact) mass is 219 g/mol. The molecule has 0 radical (unpaired) electrons. The fraction of sp³-hybridized carbons (Fsp3) is 0.100. The third-order valence-electron chi connectivity index (χ3n) is 2.14. The Morgan fingerprint density at radius 3 is 2.81 bits per heavy atom. The Balaban J connectivity index is 2.42. The molecule has 6 heteroatoms. The maximum atomic E-state index is 10.6. The van der Waals surface area contributed by atoms with E-state index >= 15 is 0 Å². The number of aromatic nitrogens is 2. The highest BCUT2D eigenvalue weighted by Gasteiger charge is 2.14. The Morgan fingerprint density at radius 2 is 2.25 bits per heavy atom. The Kier molecular flexibility index (Phi) is 2.32. The Labute approximate surface area is 90.7 Å². The number of nitrogens with zero attached hydrogens (tertiary/aromatic N) is 2. The van der Waals surface area contributed by atoms with Gasteiger partial charge in [0.2, 0.25) is 0 Å². The van der Waals surface area contributed by atoms with E-state index in [1.54, 1.807) is 18.2 Å². The van der Waals surface area contributed by atoms with Crippen LogP contribution < -0.4 is 5.73 Å². The minimum absolute atomic E-state index is 0.143. The predicted octanol–water partition coefficient (Wildman–Crippen LogP) is 1.33. The zero-order valence-corrected chi connectivity index (χ0v) is 8.47. The first kappa shape index (κ1) is 10.2. The molecule has 2 rings (SSSR count). The fourth-order valence-electron chi connectivity index (χ4n) is 1.20. The average Bonchev–Trinajstić information content (AvgIpc) is 2.71. The van der Waals surface area contributed by atoms with Crippen molar-refractivity contribution >= 4 is 11.7 Å². The molecule has 0 aliphatic carbocycles. The number of anilines is 1. The summed E-state index contributed by atoms with van der Waals surface area (Å²) in [6.07, 6.45) is 0. The van der Waals surface area contributed by atoms with Crippen molar-refractivity contribution in [1.29, 1.82) is 0 Å². The number of benzene rings is 1. The van der Waals surface area contributed by atoms with Crippen molar-refractivity contribution in [2.75, 3.05) is 5.73 Å². The molecule has 82 valence electrons. The number of carboxylic acids is 1. The molecule has 0 unspecified atom stereocenters. The molecule has 0 amide bonds. The van der Waals surface area contributed by atoms with Crippen LogP contribution in [-0.2, 0) is 0 Å². The summed E-state index contributed by atoms with van der Waals surface area (Å²) in [4.78, 5) is 14.3. The van der Waals surface area contributed by atoms with Crippen LogP contribution in [0.4, 0.5) is 5.69 Å². The third kappa shape index (κ3) is 1.72.